The molecule has 1 aromatic heterocycles. The largest absolute Gasteiger partial charge is 0.497 e. The second-order valence-corrected chi connectivity index (χ2v) is 4.66. The summed E-state index contributed by atoms with van der Waals surface area (Å²) >= 11 is 1.30. The number of methoxy groups -OCH3 is 2. The fourth-order valence-electron chi connectivity index (χ4n) is 1.54. The van der Waals surface area contributed by atoms with Crippen molar-refractivity contribution < 1.29 is 19.0 Å². The first kappa shape index (κ1) is 13.4. The van der Waals surface area contributed by atoms with Gasteiger partial charge in [-0.1, -0.05) is 12.1 Å². The third-order valence-electron chi connectivity index (χ3n) is 2.55. The van der Waals surface area contributed by atoms with E-state index in [1.807, 2.05) is 24.3 Å². The number of rotatable bonds is 5. The van der Waals surface area contributed by atoms with Crippen LogP contribution in [0.25, 0.3) is 0 Å². The van der Waals surface area contributed by atoms with Crippen molar-refractivity contribution in [3.8, 4) is 11.5 Å². The minimum absolute atomic E-state index is 0.375. The van der Waals surface area contributed by atoms with Crippen LogP contribution >= 0.6 is 11.3 Å². The highest BCUT2D eigenvalue weighted by atomic mass is 32.1. The summed E-state index contributed by atoms with van der Waals surface area (Å²) in [4.78, 5) is 12.0. The van der Waals surface area contributed by atoms with Gasteiger partial charge in [0, 0.05) is 0 Å². The summed E-state index contributed by atoms with van der Waals surface area (Å²) in [5.74, 6) is 0.974. The van der Waals surface area contributed by atoms with Gasteiger partial charge < -0.3 is 14.2 Å². The van der Waals surface area contributed by atoms with Gasteiger partial charge in [0.15, 0.2) is 4.88 Å². The van der Waals surface area contributed by atoms with Crippen molar-refractivity contribution in [2.45, 2.75) is 6.61 Å². The minimum atomic E-state index is -0.375. The second kappa shape index (κ2) is 6.24. The van der Waals surface area contributed by atoms with Crippen LogP contribution in [0.4, 0.5) is 0 Å². The summed E-state index contributed by atoms with van der Waals surface area (Å²) in [6.45, 7) is 0.394. The zero-order valence-corrected chi connectivity index (χ0v) is 11.5. The third-order valence-corrected chi connectivity index (χ3v) is 3.43. The van der Waals surface area contributed by atoms with Crippen molar-refractivity contribution in [3.63, 3.8) is 0 Å². The molecule has 0 bridgehead atoms. The Labute approximate surface area is 115 Å². The van der Waals surface area contributed by atoms with Crippen molar-refractivity contribution in [1.29, 1.82) is 0 Å². The van der Waals surface area contributed by atoms with Gasteiger partial charge >= 0.3 is 5.97 Å². The van der Waals surface area contributed by atoms with Crippen LogP contribution < -0.4 is 9.47 Å². The first-order chi connectivity index (χ1) is 9.24. The van der Waals surface area contributed by atoms with Gasteiger partial charge in [0.25, 0.3) is 0 Å². The van der Waals surface area contributed by atoms with E-state index in [1.165, 1.54) is 18.4 Å². The van der Waals surface area contributed by atoms with E-state index < -0.39 is 0 Å². The molecule has 0 aliphatic rings. The van der Waals surface area contributed by atoms with Crippen molar-refractivity contribution >= 4 is 17.3 Å². The van der Waals surface area contributed by atoms with Crippen molar-refractivity contribution in [2.75, 3.05) is 14.2 Å². The Morgan fingerprint density at radius 3 is 2.53 bits per heavy atom. The molecule has 100 valence electrons. The molecule has 0 aliphatic carbocycles. The molecule has 0 saturated carbocycles. The van der Waals surface area contributed by atoms with E-state index in [1.54, 1.807) is 18.6 Å². The summed E-state index contributed by atoms with van der Waals surface area (Å²) < 4.78 is 15.4. The number of thiophene rings is 1. The standard InChI is InChI=1S/C14H14O4S/c1-16-11-5-3-10(4-6-11)9-18-12-7-8-19-13(12)14(15)17-2/h3-8H,9H2,1-2H3. The molecule has 4 nitrogen and oxygen atoms in total. The molecule has 1 heterocycles. The molecule has 1 aromatic carbocycles. The van der Waals surface area contributed by atoms with Crippen molar-refractivity contribution in [1.82, 2.24) is 0 Å². The first-order valence-electron chi connectivity index (χ1n) is 5.66. The molecule has 0 spiro atoms. The van der Waals surface area contributed by atoms with Gasteiger partial charge in [-0.15, -0.1) is 11.3 Å². The molecule has 5 heteroatoms. The monoisotopic (exact) mass is 278 g/mol. The average Bonchev–Trinajstić information content (AvgIpc) is 2.93. The number of hydrogen-bond donors (Lipinski definition) is 0. The lowest BCUT2D eigenvalue weighted by Gasteiger charge is -2.07. The van der Waals surface area contributed by atoms with Gasteiger partial charge in [0.2, 0.25) is 0 Å². The van der Waals surface area contributed by atoms with Crippen LogP contribution in [-0.4, -0.2) is 20.2 Å². The highest BCUT2D eigenvalue weighted by Crippen LogP contribution is 2.26. The van der Waals surface area contributed by atoms with E-state index in [9.17, 15) is 4.79 Å². The van der Waals surface area contributed by atoms with Crippen LogP contribution in [0, 0.1) is 0 Å². The quantitative estimate of drug-likeness (QED) is 0.788. The number of carbonyl (C=O) groups excluding carboxylic acids is 1. The molecular weight excluding hydrogens is 264 g/mol. The van der Waals surface area contributed by atoms with E-state index in [0.717, 1.165) is 11.3 Å². The van der Waals surface area contributed by atoms with E-state index in [-0.39, 0.29) is 5.97 Å². The average molecular weight is 278 g/mol. The van der Waals surface area contributed by atoms with Crippen molar-refractivity contribution in [3.05, 3.63) is 46.2 Å². The summed E-state index contributed by atoms with van der Waals surface area (Å²) in [5, 5.41) is 1.80. The zero-order chi connectivity index (χ0) is 13.7. The molecule has 0 unspecified atom stereocenters. The second-order valence-electron chi connectivity index (χ2n) is 3.74. The molecule has 0 amide bonds. The van der Waals surface area contributed by atoms with Crippen LogP contribution in [0.2, 0.25) is 0 Å². The number of benzene rings is 1. The zero-order valence-electron chi connectivity index (χ0n) is 10.7. The maximum Gasteiger partial charge on any atom is 0.351 e. The molecule has 0 N–H and O–H groups in total. The maximum atomic E-state index is 11.5. The maximum absolute atomic E-state index is 11.5. The Kier molecular flexibility index (Phi) is 4.41. The highest BCUT2D eigenvalue weighted by Gasteiger charge is 2.14. The predicted octanol–water partition coefficient (Wildman–Crippen LogP) is 3.12. The van der Waals surface area contributed by atoms with Gasteiger partial charge in [0.1, 0.15) is 18.1 Å². The van der Waals surface area contributed by atoms with Crippen LogP contribution in [0.3, 0.4) is 0 Å². The van der Waals surface area contributed by atoms with Crippen molar-refractivity contribution in [2.24, 2.45) is 0 Å². The summed E-state index contributed by atoms with van der Waals surface area (Å²) in [6, 6.07) is 9.34. The number of esters is 1. The van der Waals surface area contributed by atoms with Gasteiger partial charge in [-0.05, 0) is 29.1 Å². The molecule has 0 fully saturated rings. The third kappa shape index (κ3) is 3.26. The topological polar surface area (TPSA) is 44.8 Å². The predicted molar refractivity (Wildman–Crippen MR) is 73.0 cm³/mol. The molecule has 0 radical (unpaired) electrons. The Bertz CT molecular complexity index is 545. The van der Waals surface area contributed by atoms with Crippen LogP contribution in [0.5, 0.6) is 11.5 Å². The lowest BCUT2D eigenvalue weighted by Crippen LogP contribution is -2.02. The summed E-state index contributed by atoms with van der Waals surface area (Å²) in [5.41, 5.74) is 1.00. The fraction of sp³-hybridized carbons (Fsp3) is 0.214. The Morgan fingerprint density at radius 2 is 1.89 bits per heavy atom. The summed E-state index contributed by atoms with van der Waals surface area (Å²) in [6.07, 6.45) is 0. The lowest BCUT2D eigenvalue weighted by atomic mass is 10.2. The number of ether oxygens (including phenoxy) is 3. The van der Waals surface area contributed by atoms with E-state index >= 15 is 0 Å². The van der Waals surface area contributed by atoms with Crippen LogP contribution in [0.15, 0.2) is 35.7 Å². The van der Waals surface area contributed by atoms with E-state index in [0.29, 0.717) is 17.2 Å². The Hall–Kier alpha value is -2.01. The molecule has 0 saturated heterocycles. The highest BCUT2D eigenvalue weighted by molar-refractivity contribution is 7.12. The van der Waals surface area contributed by atoms with E-state index in [2.05, 4.69) is 0 Å². The molecule has 2 aromatic rings. The fourth-order valence-corrected chi connectivity index (χ4v) is 2.29. The number of hydrogen-bond acceptors (Lipinski definition) is 5. The molecule has 0 atom stereocenters. The van der Waals surface area contributed by atoms with Gasteiger partial charge in [-0.25, -0.2) is 4.79 Å². The SMILES string of the molecule is COC(=O)c1sccc1OCc1ccc(OC)cc1. The first-order valence-corrected chi connectivity index (χ1v) is 6.54. The Balaban J connectivity index is 2.02. The molecule has 0 aliphatic heterocycles. The minimum Gasteiger partial charge on any atom is -0.497 e. The van der Waals surface area contributed by atoms with Gasteiger partial charge in [-0.2, -0.15) is 0 Å². The van der Waals surface area contributed by atoms with Gasteiger partial charge in [0.05, 0.1) is 14.2 Å². The molecule has 2 rings (SSSR count). The smallest absolute Gasteiger partial charge is 0.351 e. The molecular formula is C14H14O4S. The van der Waals surface area contributed by atoms with E-state index in [4.69, 9.17) is 14.2 Å². The Morgan fingerprint density at radius 1 is 1.16 bits per heavy atom. The molecule has 19 heavy (non-hydrogen) atoms. The number of carbonyl (C=O) groups is 1. The lowest BCUT2D eigenvalue weighted by molar-refractivity contribution is 0.0601. The van der Waals surface area contributed by atoms with Crippen LogP contribution in [-0.2, 0) is 11.3 Å². The summed E-state index contributed by atoms with van der Waals surface area (Å²) in [7, 11) is 2.98. The normalized spacial score (nSPS) is 10.0. The van der Waals surface area contributed by atoms with Gasteiger partial charge in [-0.3, -0.25) is 0 Å². The van der Waals surface area contributed by atoms with Crippen LogP contribution in [0.1, 0.15) is 15.2 Å².